The summed E-state index contributed by atoms with van der Waals surface area (Å²) in [5.74, 6) is 0.409. The fraction of sp³-hybridized carbons (Fsp3) is 0.929. The first-order chi connectivity index (χ1) is 35.3. The van der Waals surface area contributed by atoms with Gasteiger partial charge in [-0.2, -0.15) is 15.0 Å². The lowest BCUT2D eigenvalue weighted by molar-refractivity contribution is -0.910. The average molecular weight is 1030 g/mol. The minimum absolute atomic E-state index is 0.0109. The Balaban J connectivity index is 2.88. The maximum absolute atomic E-state index is 12.1. The number of aliphatic hydroxyl groups is 2. The summed E-state index contributed by atoms with van der Waals surface area (Å²) < 4.78 is 35.8. The van der Waals surface area contributed by atoms with Crippen LogP contribution in [0.2, 0.25) is 0 Å². The molecule has 0 fully saturated rings. The molecule has 0 radical (unpaired) electrons. The summed E-state index contributed by atoms with van der Waals surface area (Å²) in [5.41, 5.74) is 0. The van der Waals surface area contributed by atoms with Gasteiger partial charge in [0.15, 0.2) is 6.73 Å². The molecule has 0 saturated heterocycles. The highest BCUT2D eigenvalue weighted by Gasteiger charge is 2.24. The third-order valence-electron chi connectivity index (χ3n) is 13.5. The van der Waals surface area contributed by atoms with Crippen LogP contribution < -0.4 is 14.7 Å². The molecule has 16 heteroatoms. The zero-order valence-electron chi connectivity index (χ0n) is 47.4. The van der Waals surface area contributed by atoms with Gasteiger partial charge in [-0.3, -0.25) is 19.5 Å². The second kappa shape index (κ2) is 49.4. The van der Waals surface area contributed by atoms with Crippen LogP contribution in [-0.4, -0.2) is 150 Å². The molecular weight excluding hydrogens is 915 g/mol. The van der Waals surface area contributed by atoms with E-state index in [9.17, 15) is 15.0 Å². The number of aliphatic hydroxyl groups excluding tert-OH is 2. The molecule has 0 spiro atoms. The molecule has 0 saturated carbocycles. The van der Waals surface area contributed by atoms with Crippen LogP contribution in [-0.2, 0) is 33.2 Å². The smallest absolute Gasteiger partial charge is 0.304 e. The van der Waals surface area contributed by atoms with Gasteiger partial charge in [0.1, 0.15) is 53.3 Å². The van der Waals surface area contributed by atoms with Crippen LogP contribution in [0.1, 0.15) is 226 Å². The lowest BCUT2D eigenvalue weighted by Crippen LogP contribution is -2.50. The quantitative estimate of drug-likeness (QED) is 0.0274. The lowest BCUT2D eigenvalue weighted by Gasteiger charge is -2.33. The molecule has 1 aromatic rings. The fourth-order valence-electron chi connectivity index (χ4n) is 8.84. The van der Waals surface area contributed by atoms with E-state index in [2.05, 4.69) is 13.8 Å². The highest BCUT2D eigenvalue weighted by atomic mass is 16.6. The number of hydrogen-bond acceptors (Lipinski definition) is 15. The second-order valence-corrected chi connectivity index (χ2v) is 20.4. The highest BCUT2D eigenvalue weighted by Crippen LogP contribution is 2.22. The number of nitrogens with zero attached hydrogens (tertiary/aromatic N) is 7. The first-order valence-electron chi connectivity index (χ1n) is 29.2. The zero-order chi connectivity index (χ0) is 52.4. The Morgan fingerprint density at radius 3 is 0.972 bits per heavy atom. The lowest BCUT2D eigenvalue weighted by atomic mass is 10.0. The van der Waals surface area contributed by atoms with E-state index < -0.39 is 5.97 Å². The standard InChI is InChI=1S/C56H112N7O9/c1-7-9-11-13-15-17-19-21-23-25-27-29-31-33-35-37-44-69-49-60(47-67-5)54-57-55(61(48-68-6)50-71-46-41-63(4,39-42-64)40-43-65)59-56(58-54)62(52-72-53(3)66)51-70-45-38-36-34-32-30-28-26-24-22-20-18-16-14-12-10-8-2/h64-65H,7-52H2,1-6H3/q+1. The minimum Gasteiger partial charge on any atom is -0.444 e. The Bertz CT molecular complexity index is 1330. The average Bonchev–Trinajstić information content (AvgIpc) is 3.37. The number of methoxy groups -OCH3 is 2. The summed E-state index contributed by atoms with van der Waals surface area (Å²) in [6.45, 7) is 9.59. The third kappa shape index (κ3) is 38.2. The van der Waals surface area contributed by atoms with Crippen molar-refractivity contribution in [1.29, 1.82) is 0 Å². The van der Waals surface area contributed by atoms with Gasteiger partial charge >= 0.3 is 5.97 Å². The van der Waals surface area contributed by atoms with E-state index in [0.717, 1.165) is 25.7 Å². The largest absolute Gasteiger partial charge is 0.444 e. The summed E-state index contributed by atoms with van der Waals surface area (Å²) >= 11 is 0. The zero-order valence-corrected chi connectivity index (χ0v) is 47.4. The van der Waals surface area contributed by atoms with E-state index in [-0.39, 0.29) is 65.5 Å². The van der Waals surface area contributed by atoms with Gasteiger partial charge in [-0.05, 0) is 12.8 Å². The minimum atomic E-state index is -0.432. The molecule has 0 aliphatic carbocycles. The van der Waals surface area contributed by atoms with Gasteiger partial charge in [-0.1, -0.05) is 206 Å². The van der Waals surface area contributed by atoms with Gasteiger partial charge in [0.05, 0.1) is 26.9 Å². The summed E-state index contributed by atoms with van der Waals surface area (Å²) in [5, 5.41) is 19.3. The SMILES string of the molecule is CCCCCCCCCCCCCCCCCCOCN(COC)c1nc(N(COC)COCC[N+](C)(CCO)CCO)nc(N(COCCCCCCCCCCCCCCCCCC)COC(C)=O)n1. The van der Waals surface area contributed by atoms with Crippen LogP contribution in [0, 0.1) is 0 Å². The van der Waals surface area contributed by atoms with Gasteiger partial charge in [0.2, 0.25) is 17.8 Å². The van der Waals surface area contributed by atoms with Crippen molar-refractivity contribution in [2.75, 3.05) is 129 Å². The van der Waals surface area contributed by atoms with Crippen LogP contribution in [0.15, 0.2) is 0 Å². The van der Waals surface area contributed by atoms with E-state index in [1.807, 2.05) is 7.05 Å². The molecular formula is C56H112N7O9+. The number of rotatable bonds is 56. The Kier molecular flexibility index (Phi) is 46.4. The number of quaternary nitrogens is 1. The number of carbonyl (C=O) groups excluding carboxylic acids is 1. The number of ether oxygens (including phenoxy) is 6. The predicted molar refractivity (Wildman–Crippen MR) is 294 cm³/mol. The summed E-state index contributed by atoms with van der Waals surface area (Å²) in [6.07, 6.45) is 41.9. The van der Waals surface area contributed by atoms with Gasteiger partial charge in [0.25, 0.3) is 0 Å². The molecule has 1 rings (SSSR count). The summed E-state index contributed by atoms with van der Waals surface area (Å²) in [6, 6.07) is 0. The van der Waals surface area contributed by atoms with Crippen molar-refractivity contribution < 1.29 is 47.9 Å². The van der Waals surface area contributed by atoms with Crippen molar-refractivity contribution in [3.63, 3.8) is 0 Å². The number of esters is 1. The van der Waals surface area contributed by atoms with E-state index in [1.54, 1.807) is 28.9 Å². The van der Waals surface area contributed by atoms with E-state index in [0.29, 0.717) is 49.9 Å². The molecule has 0 aromatic carbocycles. The molecule has 424 valence electrons. The number of hydrogen-bond donors (Lipinski definition) is 2. The number of unbranched alkanes of at least 4 members (excludes halogenated alkanes) is 30. The van der Waals surface area contributed by atoms with Crippen LogP contribution in [0.3, 0.4) is 0 Å². The van der Waals surface area contributed by atoms with Crippen LogP contribution in [0.25, 0.3) is 0 Å². The first-order valence-corrected chi connectivity index (χ1v) is 29.2. The Labute approximate surface area is 440 Å². The highest BCUT2D eigenvalue weighted by molar-refractivity contribution is 5.66. The number of likely N-dealkylation sites (N-methyl/N-ethyl adjacent to an activating group) is 1. The molecule has 16 nitrogen and oxygen atoms in total. The molecule has 0 unspecified atom stereocenters. The van der Waals surface area contributed by atoms with Crippen molar-refractivity contribution in [2.45, 2.75) is 226 Å². The molecule has 2 N–H and O–H groups in total. The van der Waals surface area contributed by atoms with Gasteiger partial charge in [-0.15, -0.1) is 0 Å². The Morgan fingerprint density at radius 1 is 0.417 bits per heavy atom. The Morgan fingerprint density at radius 2 is 0.694 bits per heavy atom. The number of aromatic nitrogens is 3. The molecule has 0 aliphatic rings. The van der Waals surface area contributed by atoms with E-state index >= 15 is 0 Å². The van der Waals surface area contributed by atoms with Crippen LogP contribution >= 0.6 is 0 Å². The van der Waals surface area contributed by atoms with E-state index in [1.165, 1.54) is 187 Å². The Hall–Kier alpha value is -2.44. The van der Waals surface area contributed by atoms with E-state index in [4.69, 9.17) is 43.4 Å². The maximum Gasteiger partial charge on any atom is 0.304 e. The molecule has 0 atom stereocenters. The normalized spacial score (nSPS) is 11.7. The number of carbonyl (C=O) groups is 1. The van der Waals surface area contributed by atoms with Crippen molar-refractivity contribution in [3.8, 4) is 0 Å². The molecule has 0 amide bonds. The monoisotopic (exact) mass is 1030 g/mol. The van der Waals surface area contributed by atoms with Crippen LogP contribution in [0.5, 0.6) is 0 Å². The molecule has 0 aliphatic heterocycles. The summed E-state index contributed by atoms with van der Waals surface area (Å²) in [7, 11) is 5.20. The summed E-state index contributed by atoms with van der Waals surface area (Å²) in [4.78, 5) is 32.0. The first kappa shape index (κ1) is 67.6. The van der Waals surface area contributed by atoms with Crippen molar-refractivity contribution in [1.82, 2.24) is 15.0 Å². The maximum atomic E-state index is 12.1. The fourth-order valence-corrected chi connectivity index (χ4v) is 8.84. The third-order valence-corrected chi connectivity index (χ3v) is 13.5. The topological polar surface area (TPSA) is 161 Å². The van der Waals surface area contributed by atoms with Gasteiger partial charge < -0.3 is 43.1 Å². The van der Waals surface area contributed by atoms with Gasteiger partial charge in [0, 0.05) is 34.4 Å². The van der Waals surface area contributed by atoms with Crippen molar-refractivity contribution >= 4 is 23.8 Å². The predicted octanol–water partition coefficient (Wildman–Crippen LogP) is 11.9. The van der Waals surface area contributed by atoms with Gasteiger partial charge in [-0.25, -0.2) is 0 Å². The molecule has 0 bridgehead atoms. The van der Waals surface area contributed by atoms with Crippen LogP contribution in [0.4, 0.5) is 17.8 Å². The van der Waals surface area contributed by atoms with Crippen molar-refractivity contribution in [3.05, 3.63) is 0 Å². The molecule has 72 heavy (non-hydrogen) atoms. The van der Waals surface area contributed by atoms with Crippen molar-refractivity contribution in [2.24, 2.45) is 0 Å². The molecule has 1 aromatic heterocycles. The number of anilines is 3. The molecule has 1 heterocycles. The second-order valence-electron chi connectivity index (χ2n) is 20.4.